The predicted octanol–water partition coefficient (Wildman–Crippen LogP) is 3.52. The molecule has 0 radical (unpaired) electrons. The Hall–Kier alpha value is -0.780. The highest BCUT2D eigenvalue weighted by molar-refractivity contribution is 9.10. The van der Waals surface area contributed by atoms with Gasteiger partial charge in [0, 0.05) is 19.7 Å². The van der Waals surface area contributed by atoms with Crippen molar-refractivity contribution in [2.24, 2.45) is 0 Å². The highest BCUT2D eigenvalue weighted by Crippen LogP contribution is 2.36. The molecule has 0 aliphatic carbocycles. The maximum Gasteiger partial charge on any atom is 0.175 e. The van der Waals surface area contributed by atoms with Crippen LogP contribution < -0.4 is 14.8 Å². The van der Waals surface area contributed by atoms with Crippen molar-refractivity contribution < 1.29 is 14.2 Å². The highest BCUT2D eigenvalue weighted by atomic mass is 79.9. The molecule has 1 aliphatic heterocycles. The van der Waals surface area contributed by atoms with Crippen LogP contribution in [0.15, 0.2) is 16.6 Å². The zero-order valence-electron chi connectivity index (χ0n) is 12.8. The Morgan fingerprint density at radius 2 is 2.10 bits per heavy atom. The Morgan fingerprint density at radius 1 is 1.29 bits per heavy atom. The van der Waals surface area contributed by atoms with Crippen LogP contribution in [0.4, 0.5) is 0 Å². The maximum atomic E-state index is 5.68. The number of hydrogen-bond acceptors (Lipinski definition) is 4. The summed E-state index contributed by atoms with van der Waals surface area (Å²) in [5, 5.41) is 3.45. The topological polar surface area (TPSA) is 39.7 Å². The third-order valence-electron chi connectivity index (χ3n) is 3.38. The second-order valence-electron chi connectivity index (χ2n) is 5.04. The third-order valence-corrected chi connectivity index (χ3v) is 3.97. The molecule has 1 atom stereocenters. The summed E-state index contributed by atoms with van der Waals surface area (Å²) < 4.78 is 17.9. The van der Waals surface area contributed by atoms with Crippen molar-refractivity contribution in [3.8, 4) is 11.5 Å². The molecule has 1 fully saturated rings. The number of halogens is 1. The molecule has 0 amide bonds. The number of hydrogen-bond donors (Lipinski definition) is 1. The first-order chi connectivity index (χ1) is 10.2. The Labute approximate surface area is 135 Å². The van der Waals surface area contributed by atoms with Gasteiger partial charge in [0.1, 0.15) is 0 Å². The normalized spacial score (nSPS) is 18.0. The second kappa shape index (κ2) is 8.61. The molecule has 1 aliphatic rings. The summed E-state index contributed by atoms with van der Waals surface area (Å²) in [7, 11) is 0. The molecule has 0 unspecified atom stereocenters. The minimum atomic E-state index is 0.363. The van der Waals surface area contributed by atoms with Crippen molar-refractivity contribution in [1.29, 1.82) is 0 Å². The van der Waals surface area contributed by atoms with E-state index in [0.717, 1.165) is 42.1 Å². The maximum absolute atomic E-state index is 5.68. The van der Waals surface area contributed by atoms with Gasteiger partial charge in [0.15, 0.2) is 11.5 Å². The Bertz CT molecular complexity index is 447. The summed E-state index contributed by atoms with van der Waals surface area (Å²) in [5.74, 6) is 1.57. The number of ether oxygens (including phenoxy) is 3. The van der Waals surface area contributed by atoms with E-state index >= 15 is 0 Å². The highest BCUT2D eigenvalue weighted by Gasteiger charge is 2.15. The molecule has 0 spiro atoms. The second-order valence-corrected chi connectivity index (χ2v) is 5.89. The monoisotopic (exact) mass is 357 g/mol. The first-order valence-electron chi connectivity index (χ1n) is 7.65. The van der Waals surface area contributed by atoms with E-state index in [1.165, 1.54) is 12.0 Å². The summed E-state index contributed by atoms with van der Waals surface area (Å²) in [5.41, 5.74) is 1.17. The van der Waals surface area contributed by atoms with E-state index in [1.807, 2.05) is 19.9 Å². The molecule has 1 aromatic rings. The SMILES string of the molecule is CCOc1cc(CNC[C@H]2CCCO2)cc(Br)c1OCC. The van der Waals surface area contributed by atoms with Crippen molar-refractivity contribution >= 4 is 15.9 Å². The molecule has 1 N–H and O–H groups in total. The average Bonchev–Trinajstić information content (AvgIpc) is 2.96. The lowest BCUT2D eigenvalue weighted by atomic mass is 10.2. The summed E-state index contributed by atoms with van der Waals surface area (Å²) in [4.78, 5) is 0. The van der Waals surface area contributed by atoms with Gasteiger partial charge >= 0.3 is 0 Å². The minimum Gasteiger partial charge on any atom is -0.490 e. The molecular weight excluding hydrogens is 334 g/mol. The summed E-state index contributed by atoms with van der Waals surface area (Å²) >= 11 is 3.57. The zero-order valence-corrected chi connectivity index (χ0v) is 14.4. The summed E-state index contributed by atoms with van der Waals surface area (Å²) in [6.07, 6.45) is 2.70. The molecule has 0 bridgehead atoms. The quantitative estimate of drug-likeness (QED) is 0.772. The largest absolute Gasteiger partial charge is 0.490 e. The van der Waals surface area contributed by atoms with Crippen molar-refractivity contribution in [3.63, 3.8) is 0 Å². The fraction of sp³-hybridized carbons (Fsp3) is 0.625. The lowest BCUT2D eigenvalue weighted by molar-refractivity contribution is 0.110. The van der Waals surface area contributed by atoms with Crippen LogP contribution >= 0.6 is 15.9 Å². The molecule has 21 heavy (non-hydrogen) atoms. The van der Waals surface area contributed by atoms with Gasteiger partial charge in [-0.1, -0.05) is 0 Å². The molecule has 1 saturated heterocycles. The summed E-state index contributed by atoms with van der Waals surface area (Å²) in [6, 6.07) is 4.12. The Kier molecular flexibility index (Phi) is 6.80. The van der Waals surface area contributed by atoms with E-state index in [9.17, 15) is 0 Å². The fourth-order valence-corrected chi connectivity index (χ4v) is 3.06. The Balaban J connectivity index is 1.98. The predicted molar refractivity (Wildman–Crippen MR) is 87.2 cm³/mol. The van der Waals surface area contributed by atoms with Gasteiger partial charge in [-0.05, 0) is 60.3 Å². The van der Waals surface area contributed by atoms with E-state index in [1.54, 1.807) is 0 Å². The molecule has 5 heteroatoms. The van der Waals surface area contributed by atoms with Crippen LogP contribution in [0.5, 0.6) is 11.5 Å². The minimum absolute atomic E-state index is 0.363. The number of rotatable bonds is 8. The van der Waals surface area contributed by atoms with E-state index in [4.69, 9.17) is 14.2 Å². The van der Waals surface area contributed by atoms with Crippen molar-refractivity contribution in [2.45, 2.75) is 39.3 Å². The fourth-order valence-electron chi connectivity index (χ4n) is 2.45. The van der Waals surface area contributed by atoms with Gasteiger partial charge in [0.2, 0.25) is 0 Å². The van der Waals surface area contributed by atoms with Crippen LogP contribution in [-0.4, -0.2) is 32.5 Å². The number of benzene rings is 1. The van der Waals surface area contributed by atoms with E-state index in [0.29, 0.717) is 19.3 Å². The van der Waals surface area contributed by atoms with Crippen LogP contribution in [-0.2, 0) is 11.3 Å². The molecule has 2 rings (SSSR count). The van der Waals surface area contributed by atoms with E-state index in [-0.39, 0.29) is 0 Å². The Morgan fingerprint density at radius 3 is 2.76 bits per heavy atom. The van der Waals surface area contributed by atoms with E-state index in [2.05, 4.69) is 27.3 Å². The van der Waals surface area contributed by atoms with Gasteiger partial charge in [-0.3, -0.25) is 0 Å². The van der Waals surface area contributed by atoms with Crippen LogP contribution in [0.3, 0.4) is 0 Å². The van der Waals surface area contributed by atoms with Gasteiger partial charge in [-0.25, -0.2) is 0 Å². The van der Waals surface area contributed by atoms with Gasteiger partial charge in [-0.15, -0.1) is 0 Å². The lowest BCUT2D eigenvalue weighted by Crippen LogP contribution is -2.25. The zero-order chi connectivity index (χ0) is 15.1. The molecule has 1 heterocycles. The van der Waals surface area contributed by atoms with Crippen LogP contribution in [0.25, 0.3) is 0 Å². The van der Waals surface area contributed by atoms with E-state index < -0.39 is 0 Å². The smallest absolute Gasteiger partial charge is 0.175 e. The first kappa shape index (κ1) is 16.6. The van der Waals surface area contributed by atoms with Crippen molar-refractivity contribution in [2.75, 3.05) is 26.4 Å². The van der Waals surface area contributed by atoms with Crippen LogP contribution in [0.1, 0.15) is 32.3 Å². The molecule has 0 saturated carbocycles. The van der Waals surface area contributed by atoms with Crippen LogP contribution in [0, 0.1) is 0 Å². The van der Waals surface area contributed by atoms with Gasteiger partial charge in [0.05, 0.1) is 23.8 Å². The third kappa shape index (κ3) is 4.87. The van der Waals surface area contributed by atoms with Gasteiger partial charge in [-0.2, -0.15) is 0 Å². The van der Waals surface area contributed by atoms with Crippen molar-refractivity contribution in [1.82, 2.24) is 5.32 Å². The molecule has 118 valence electrons. The van der Waals surface area contributed by atoms with Gasteiger partial charge < -0.3 is 19.5 Å². The van der Waals surface area contributed by atoms with Crippen LogP contribution in [0.2, 0.25) is 0 Å². The average molecular weight is 358 g/mol. The van der Waals surface area contributed by atoms with Crippen molar-refractivity contribution in [3.05, 3.63) is 22.2 Å². The van der Waals surface area contributed by atoms with Gasteiger partial charge in [0.25, 0.3) is 0 Å². The molecular formula is C16H24BrNO3. The molecule has 0 aromatic heterocycles. The molecule has 4 nitrogen and oxygen atoms in total. The summed E-state index contributed by atoms with van der Waals surface area (Å²) in [6.45, 7) is 7.79. The first-order valence-corrected chi connectivity index (χ1v) is 8.44. The lowest BCUT2D eigenvalue weighted by Gasteiger charge is -2.15. The number of nitrogens with one attached hydrogen (secondary N) is 1. The standard InChI is InChI=1S/C16H24BrNO3/c1-3-19-15-9-12(8-14(17)16(15)20-4-2)10-18-11-13-6-5-7-21-13/h8-9,13,18H,3-7,10-11H2,1-2H3/t13-/m1/s1. The molecule has 1 aromatic carbocycles.